The van der Waals surface area contributed by atoms with Gasteiger partial charge in [0.25, 0.3) is 0 Å². The van der Waals surface area contributed by atoms with Crippen molar-refractivity contribution in [2.75, 3.05) is 13.7 Å². The maximum atomic E-state index is 11.1. The monoisotopic (exact) mass is 226 g/mol. The second-order valence-corrected chi connectivity index (χ2v) is 4.58. The van der Waals surface area contributed by atoms with E-state index in [2.05, 4.69) is 4.52 Å². The van der Waals surface area contributed by atoms with Crippen molar-refractivity contribution in [1.82, 2.24) is 0 Å². The third-order valence-electron chi connectivity index (χ3n) is 2.11. The quantitative estimate of drug-likeness (QED) is 0.670. The van der Waals surface area contributed by atoms with Crippen LogP contribution in [0.15, 0.2) is 0 Å². The van der Waals surface area contributed by atoms with Crippen molar-refractivity contribution >= 4 is 7.82 Å². The second-order valence-electron chi connectivity index (χ2n) is 3.07. The normalized spacial score (nSPS) is 37.0. The lowest BCUT2D eigenvalue weighted by molar-refractivity contribution is 0.0149. The summed E-state index contributed by atoms with van der Waals surface area (Å²) < 4.78 is 25.3. The molecule has 1 rings (SSSR count). The van der Waals surface area contributed by atoms with Crippen molar-refractivity contribution in [2.45, 2.75) is 31.7 Å². The number of phosphoric ester groups is 1. The Morgan fingerprint density at radius 2 is 2.29 bits per heavy atom. The lowest BCUT2D eigenvalue weighted by Crippen LogP contribution is -2.32. The molecule has 0 aromatic carbocycles. The number of rotatable bonds is 4. The maximum absolute atomic E-state index is 11.1. The molecule has 2 N–H and O–H groups in total. The highest BCUT2D eigenvalue weighted by atomic mass is 31.2. The molecule has 4 atom stereocenters. The van der Waals surface area contributed by atoms with Crippen LogP contribution < -0.4 is 0 Å². The number of phosphoric acid groups is 1. The zero-order valence-electron chi connectivity index (χ0n) is 8.12. The second kappa shape index (κ2) is 4.70. The molecule has 6 nitrogen and oxygen atoms in total. The molecule has 1 aliphatic heterocycles. The molecule has 0 spiro atoms. The first-order chi connectivity index (χ1) is 6.50. The summed E-state index contributed by atoms with van der Waals surface area (Å²) in [4.78, 5) is 9.06. The fourth-order valence-corrected chi connectivity index (χ4v) is 2.01. The molecule has 1 unspecified atom stereocenters. The summed E-state index contributed by atoms with van der Waals surface area (Å²) in [5.41, 5.74) is 0. The van der Waals surface area contributed by atoms with Gasteiger partial charge < -0.3 is 14.7 Å². The van der Waals surface area contributed by atoms with Crippen LogP contribution in [0.2, 0.25) is 0 Å². The van der Waals surface area contributed by atoms with Crippen LogP contribution in [0.25, 0.3) is 0 Å². The highest BCUT2D eigenvalue weighted by molar-refractivity contribution is 7.47. The minimum absolute atomic E-state index is 0.118. The number of aliphatic hydroxyl groups is 1. The number of hydrogen-bond acceptors (Lipinski definition) is 5. The van der Waals surface area contributed by atoms with Gasteiger partial charge in [0.1, 0.15) is 12.2 Å². The van der Waals surface area contributed by atoms with Gasteiger partial charge in [-0.05, 0) is 6.42 Å². The Labute approximate surface area is 82.4 Å². The third-order valence-corrected chi connectivity index (χ3v) is 3.09. The number of aliphatic hydroxyl groups excluding tert-OH is 1. The van der Waals surface area contributed by atoms with Crippen LogP contribution in [0.3, 0.4) is 0 Å². The van der Waals surface area contributed by atoms with Gasteiger partial charge >= 0.3 is 7.82 Å². The molecular formula is C7H15O6P. The SMILES string of the molecule is CC[C@H]1OC[C@H](O)[C@@H]1OP(=O)(O)OC. The van der Waals surface area contributed by atoms with E-state index in [1.54, 1.807) is 0 Å². The molecule has 7 heteroatoms. The van der Waals surface area contributed by atoms with Gasteiger partial charge in [-0.1, -0.05) is 6.92 Å². The molecule has 0 aliphatic carbocycles. The molecule has 0 aromatic rings. The van der Waals surface area contributed by atoms with E-state index >= 15 is 0 Å². The fraction of sp³-hybridized carbons (Fsp3) is 1.00. The summed E-state index contributed by atoms with van der Waals surface area (Å²) in [6.07, 6.45) is -1.43. The molecule has 84 valence electrons. The van der Waals surface area contributed by atoms with Gasteiger partial charge in [0.15, 0.2) is 0 Å². The van der Waals surface area contributed by atoms with Gasteiger partial charge in [-0.2, -0.15) is 0 Å². The number of hydrogen-bond donors (Lipinski definition) is 2. The van der Waals surface area contributed by atoms with E-state index in [0.717, 1.165) is 7.11 Å². The zero-order chi connectivity index (χ0) is 10.8. The van der Waals surface area contributed by atoms with E-state index in [9.17, 15) is 9.67 Å². The van der Waals surface area contributed by atoms with E-state index in [1.165, 1.54) is 0 Å². The number of ether oxygens (including phenoxy) is 1. The van der Waals surface area contributed by atoms with Gasteiger partial charge in [0.2, 0.25) is 0 Å². The predicted octanol–water partition coefficient (Wildman–Crippen LogP) is 0.288. The molecule has 1 aliphatic rings. The molecule has 1 fully saturated rings. The lowest BCUT2D eigenvalue weighted by Gasteiger charge is -2.21. The molecular weight excluding hydrogens is 211 g/mol. The van der Waals surface area contributed by atoms with Gasteiger partial charge in [0, 0.05) is 7.11 Å². The van der Waals surface area contributed by atoms with Crippen molar-refractivity contribution in [3.05, 3.63) is 0 Å². The molecule has 0 aromatic heterocycles. The highest BCUT2D eigenvalue weighted by Gasteiger charge is 2.40. The highest BCUT2D eigenvalue weighted by Crippen LogP contribution is 2.45. The molecule has 0 amide bonds. The molecule has 0 radical (unpaired) electrons. The van der Waals surface area contributed by atoms with E-state index in [4.69, 9.17) is 14.2 Å². The van der Waals surface area contributed by atoms with Crippen LogP contribution in [0.1, 0.15) is 13.3 Å². The standard InChI is InChI=1S/C7H15O6P/c1-3-6-7(5(8)4-12-6)13-14(9,10)11-2/h5-8H,3-4H2,1-2H3,(H,9,10)/t5-,6+,7-/m0/s1. The van der Waals surface area contributed by atoms with Gasteiger partial charge in [-0.25, -0.2) is 4.57 Å². The summed E-state index contributed by atoms with van der Waals surface area (Å²) in [6.45, 7) is 1.96. The summed E-state index contributed by atoms with van der Waals surface area (Å²) >= 11 is 0. The fourth-order valence-electron chi connectivity index (χ4n) is 1.34. The smallest absolute Gasteiger partial charge is 0.388 e. The van der Waals surface area contributed by atoms with Gasteiger partial charge in [-0.15, -0.1) is 0 Å². The predicted molar refractivity (Wildman–Crippen MR) is 47.7 cm³/mol. The van der Waals surface area contributed by atoms with Crippen LogP contribution in [-0.2, 0) is 18.3 Å². The first-order valence-corrected chi connectivity index (χ1v) is 5.86. The molecule has 14 heavy (non-hydrogen) atoms. The summed E-state index contributed by atoms with van der Waals surface area (Å²) in [6, 6.07) is 0. The van der Waals surface area contributed by atoms with Crippen LogP contribution in [0, 0.1) is 0 Å². The Balaban J connectivity index is 2.61. The Kier molecular flexibility index (Phi) is 4.06. The first-order valence-electron chi connectivity index (χ1n) is 4.36. The summed E-state index contributed by atoms with van der Waals surface area (Å²) in [5, 5.41) is 9.41. The van der Waals surface area contributed by atoms with Crippen LogP contribution >= 0.6 is 7.82 Å². The Morgan fingerprint density at radius 1 is 1.64 bits per heavy atom. The zero-order valence-corrected chi connectivity index (χ0v) is 9.02. The van der Waals surface area contributed by atoms with Crippen LogP contribution in [0.4, 0.5) is 0 Å². The topological polar surface area (TPSA) is 85.2 Å². The first kappa shape index (κ1) is 12.1. The van der Waals surface area contributed by atoms with Crippen LogP contribution in [-0.4, -0.2) is 42.0 Å². The Morgan fingerprint density at radius 3 is 2.79 bits per heavy atom. The van der Waals surface area contributed by atoms with Crippen molar-refractivity contribution < 1.29 is 28.3 Å². The molecule has 0 bridgehead atoms. The summed E-state index contributed by atoms with van der Waals surface area (Å²) in [5.74, 6) is 0. The molecule has 1 saturated heterocycles. The minimum atomic E-state index is -4.05. The molecule has 1 heterocycles. The minimum Gasteiger partial charge on any atom is -0.388 e. The maximum Gasteiger partial charge on any atom is 0.472 e. The summed E-state index contributed by atoms with van der Waals surface area (Å²) in [7, 11) is -2.98. The van der Waals surface area contributed by atoms with Gasteiger partial charge in [0.05, 0.1) is 12.7 Å². The van der Waals surface area contributed by atoms with E-state index in [0.29, 0.717) is 6.42 Å². The third kappa shape index (κ3) is 2.76. The van der Waals surface area contributed by atoms with Crippen molar-refractivity contribution in [2.24, 2.45) is 0 Å². The van der Waals surface area contributed by atoms with E-state index in [1.807, 2.05) is 6.92 Å². The van der Waals surface area contributed by atoms with Crippen LogP contribution in [0.5, 0.6) is 0 Å². The average Bonchev–Trinajstić information content (AvgIpc) is 2.48. The average molecular weight is 226 g/mol. The largest absolute Gasteiger partial charge is 0.472 e. The van der Waals surface area contributed by atoms with Crippen molar-refractivity contribution in [1.29, 1.82) is 0 Å². The van der Waals surface area contributed by atoms with E-state index in [-0.39, 0.29) is 12.7 Å². The van der Waals surface area contributed by atoms with Gasteiger partial charge in [-0.3, -0.25) is 9.05 Å². The van der Waals surface area contributed by atoms with Crippen molar-refractivity contribution in [3.8, 4) is 0 Å². The Bertz CT molecular complexity index is 232. The van der Waals surface area contributed by atoms with Crippen molar-refractivity contribution in [3.63, 3.8) is 0 Å². The van der Waals surface area contributed by atoms with E-state index < -0.39 is 20.0 Å². The Hall–Kier alpha value is 0.0300. The molecule has 0 saturated carbocycles. The lowest BCUT2D eigenvalue weighted by atomic mass is 10.1.